The zero-order chi connectivity index (χ0) is 17.8. The highest BCUT2D eigenvalue weighted by Crippen LogP contribution is 2.40. The maximum absolute atomic E-state index is 12.6. The van der Waals surface area contributed by atoms with Crippen LogP contribution in [0.2, 0.25) is 0 Å². The SMILES string of the molecule is Cc1cc2ncnn2cc1C1=C[C@H]2CC[C@@H](C1)N2C(=O)OC(C)(C)C. The fourth-order valence-corrected chi connectivity index (χ4v) is 3.92. The third-order valence-corrected chi connectivity index (χ3v) is 4.97. The lowest BCUT2D eigenvalue weighted by molar-refractivity contribution is 0.0175. The molecule has 2 bridgehead atoms. The first-order valence-corrected chi connectivity index (χ1v) is 8.84. The van der Waals surface area contributed by atoms with Gasteiger partial charge in [-0.3, -0.25) is 4.90 Å². The van der Waals surface area contributed by atoms with E-state index in [-0.39, 0.29) is 18.2 Å². The predicted molar refractivity (Wildman–Crippen MR) is 95.2 cm³/mol. The number of hydrogen-bond donors (Lipinski definition) is 0. The summed E-state index contributed by atoms with van der Waals surface area (Å²) < 4.78 is 7.42. The molecule has 0 aliphatic carbocycles. The number of aromatic nitrogens is 3. The van der Waals surface area contributed by atoms with Gasteiger partial charge >= 0.3 is 6.09 Å². The van der Waals surface area contributed by atoms with Crippen LogP contribution in [-0.4, -0.2) is 43.3 Å². The lowest BCUT2D eigenvalue weighted by atomic mass is 9.93. The molecule has 2 aromatic heterocycles. The van der Waals surface area contributed by atoms with Gasteiger partial charge in [0.25, 0.3) is 0 Å². The molecule has 0 saturated carbocycles. The van der Waals surface area contributed by atoms with Crippen molar-refractivity contribution in [1.82, 2.24) is 19.5 Å². The lowest BCUT2D eigenvalue weighted by Crippen LogP contribution is -2.45. The molecule has 6 nitrogen and oxygen atoms in total. The van der Waals surface area contributed by atoms with E-state index in [1.165, 1.54) is 16.7 Å². The second-order valence-corrected chi connectivity index (χ2v) is 8.02. The average molecular weight is 340 g/mol. The monoisotopic (exact) mass is 340 g/mol. The predicted octanol–water partition coefficient (Wildman–Crippen LogP) is 3.59. The van der Waals surface area contributed by atoms with Gasteiger partial charge in [0.05, 0.1) is 6.04 Å². The minimum absolute atomic E-state index is 0.120. The zero-order valence-electron chi connectivity index (χ0n) is 15.2. The highest BCUT2D eigenvalue weighted by molar-refractivity contribution is 5.76. The molecule has 2 aliphatic rings. The van der Waals surface area contributed by atoms with Crippen LogP contribution in [0.15, 0.2) is 24.7 Å². The van der Waals surface area contributed by atoms with Crippen LogP contribution in [0.4, 0.5) is 4.79 Å². The summed E-state index contributed by atoms with van der Waals surface area (Å²) >= 11 is 0. The van der Waals surface area contributed by atoms with Gasteiger partial charge in [-0.25, -0.2) is 14.3 Å². The Bertz CT molecular complexity index is 862. The van der Waals surface area contributed by atoms with E-state index in [0.717, 1.165) is 24.9 Å². The van der Waals surface area contributed by atoms with Crippen molar-refractivity contribution in [2.75, 3.05) is 0 Å². The maximum Gasteiger partial charge on any atom is 0.411 e. The molecule has 1 amide bonds. The molecule has 1 fully saturated rings. The van der Waals surface area contributed by atoms with Gasteiger partial charge in [0.15, 0.2) is 5.65 Å². The molecule has 0 aromatic carbocycles. The van der Waals surface area contributed by atoms with Crippen molar-refractivity contribution in [1.29, 1.82) is 0 Å². The molecule has 4 heterocycles. The van der Waals surface area contributed by atoms with E-state index >= 15 is 0 Å². The van der Waals surface area contributed by atoms with E-state index in [2.05, 4.69) is 29.1 Å². The number of pyridine rings is 1. The van der Waals surface area contributed by atoms with Crippen LogP contribution < -0.4 is 0 Å². The second-order valence-electron chi connectivity index (χ2n) is 8.02. The first kappa shape index (κ1) is 16.1. The number of rotatable bonds is 1. The summed E-state index contributed by atoms with van der Waals surface area (Å²) in [6.07, 6.45) is 8.54. The van der Waals surface area contributed by atoms with Gasteiger partial charge in [0.2, 0.25) is 0 Å². The fourth-order valence-electron chi connectivity index (χ4n) is 3.92. The summed E-state index contributed by atoms with van der Waals surface area (Å²) in [7, 11) is 0. The van der Waals surface area contributed by atoms with Crippen LogP contribution in [0.3, 0.4) is 0 Å². The third-order valence-electron chi connectivity index (χ3n) is 4.97. The van der Waals surface area contributed by atoms with E-state index in [0.29, 0.717) is 0 Å². The quantitative estimate of drug-likeness (QED) is 0.796. The number of hydrogen-bond acceptors (Lipinski definition) is 4. The zero-order valence-corrected chi connectivity index (χ0v) is 15.2. The van der Waals surface area contributed by atoms with Crippen molar-refractivity contribution >= 4 is 17.3 Å². The van der Waals surface area contributed by atoms with Crippen molar-refractivity contribution in [2.24, 2.45) is 0 Å². The summed E-state index contributed by atoms with van der Waals surface area (Å²) in [6.45, 7) is 7.84. The Morgan fingerprint density at radius 2 is 2.12 bits per heavy atom. The molecule has 2 aromatic rings. The number of carbonyl (C=O) groups excluding carboxylic acids is 1. The van der Waals surface area contributed by atoms with Crippen molar-refractivity contribution in [3.05, 3.63) is 35.8 Å². The molecule has 0 unspecified atom stereocenters. The Labute approximate surface area is 147 Å². The molecule has 0 spiro atoms. The number of carbonyl (C=O) groups is 1. The number of ether oxygens (including phenoxy) is 1. The first-order valence-electron chi connectivity index (χ1n) is 8.84. The van der Waals surface area contributed by atoms with E-state index < -0.39 is 5.60 Å². The van der Waals surface area contributed by atoms with Gasteiger partial charge in [0, 0.05) is 12.2 Å². The smallest absolute Gasteiger partial charge is 0.411 e. The molecular weight excluding hydrogens is 316 g/mol. The van der Waals surface area contributed by atoms with Crippen LogP contribution >= 0.6 is 0 Å². The third kappa shape index (κ3) is 2.90. The van der Waals surface area contributed by atoms with E-state index in [1.807, 2.05) is 36.4 Å². The molecule has 4 rings (SSSR count). The van der Waals surface area contributed by atoms with Crippen molar-refractivity contribution in [3.63, 3.8) is 0 Å². The minimum atomic E-state index is -0.463. The molecule has 2 atom stereocenters. The van der Waals surface area contributed by atoms with Gasteiger partial charge in [-0.15, -0.1) is 0 Å². The number of amides is 1. The summed E-state index contributed by atoms with van der Waals surface area (Å²) in [5.41, 5.74) is 4.07. The topological polar surface area (TPSA) is 59.7 Å². The Balaban J connectivity index is 1.64. The van der Waals surface area contributed by atoms with Crippen molar-refractivity contribution in [2.45, 2.75) is 64.6 Å². The normalized spacial score (nSPS) is 23.0. The average Bonchev–Trinajstić information content (AvgIpc) is 3.06. The van der Waals surface area contributed by atoms with Crippen molar-refractivity contribution in [3.8, 4) is 0 Å². The van der Waals surface area contributed by atoms with E-state index in [9.17, 15) is 4.79 Å². The lowest BCUT2D eigenvalue weighted by Gasteiger charge is -2.35. The second kappa shape index (κ2) is 5.58. The molecule has 25 heavy (non-hydrogen) atoms. The minimum Gasteiger partial charge on any atom is -0.444 e. The van der Waals surface area contributed by atoms with Gasteiger partial charge in [-0.05, 0) is 69.7 Å². The van der Waals surface area contributed by atoms with E-state index in [1.54, 1.807) is 6.33 Å². The van der Waals surface area contributed by atoms with Crippen LogP contribution in [-0.2, 0) is 4.74 Å². The first-order chi connectivity index (χ1) is 11.8. The summed E-state index contributed by atoms with van der Waals surface area (Å²) in [5.74, 6) is 0. The van der Waals surface area contributed by atoms with Crippen LogP contribution in [0.5, 0.6) is 0 Å². The summed E-state index contributed by atoms with van der Waals surface area (Å²) in [4.78, 5) is 18.7. The van der Waals surface area contributed by atoms with Crippen LogP contribution in [0.1, 0.15) is 51.2 Å². The van der Waals surface area contributed by atoms with Crippen LogP contribution in [0.25, 0.3) is 11.2 Å². The van der Waals surface area contributed by atoms with E-state index in [4.69, 9.17) is 4.74 Å². The van der Waals surface area contributed by atoms with Gasteiger partial charge < -0.3 is 4.74 Å². The standard InChI is InChI=1S/C19H24N4O2/c1-12-7-17-20-11-21-22(17)10-16(12)13-8-14-5-6-15(9-13)23(14)18(24)25-19(2,3)4/h7-8,10-11,14-15H,5-6,9H2,1-4H3/t14-,15+/m1/s1. The number of nitrogens with zero attached hydrogens (tertiary/aromatic N) is 4. The Kier molecular flexibility index (Phi) is 3.60. The molecule has 0 radical (unpaired) electrons. The largest absolute Gasteiger partial charge is 0.444 e. The van der Waals surface area contributed by atoms with Gasteiger partial charge in [0.1, 0.15) is 11.9 Å². The number of fused-ring (bicyclic) bond motifs is 3. The Morgan fingerprint density at radius 1 is 1.32 bits per heavy atom. The molecule has 132 valence electrons. The highest BCUT2D eigenvalue weighted by Gasteiger charge is 2.41. The molecule has 6 heteroatoms. The van der Waals surface area contributed by atoms with Gasteiger partial charge in [-0.1, -0.05) is 6.08 Å². The summed E-state index contributed by atoms with van der Waals surface area (Å²) in [6, 6.07) is 2.39. The molecular formula is C19H24N4O2. The Morgan fingerprint density at radius 3 is 2.84 bits per heavy atom. The number of aryl methyl sites for hydroxylation is 1. The summed E-state index contributed by atoms with van der Waals surface area (Å²) in [5, 5.41) is 4.25. The molecule has 1 saturated heterocycles. The van der Waals surface area contributed by atoms with Gasteiger partial charge in [-0.2, -0.15) is 5.10 Å². The Hall–Kier alpha value is -2.37. The van der Waals surface area contributed by atoms with Crippen molar-refractivity contribution < 1.29 is 9.53 Å². The van der Waals surface area contributed by atoms with Crippen LogP contribution in [0, 0.1) is 6.92 Å². The molecule has 2 aliphatic heterocycles. The maximum atomic E-state index is 12.6. The fraction of sp³-hybridized carbons (Fsp3) is 0.526. The molecule has 0 N–H and O–H groups in total. The highest BCUT2D eigenvalue weighted by atomic mass is 16.6.